The summed E-state index contributed by atoms with van der Waals surface area (Å²) < 4.78 is 12.9. The highest BCUT2D eigenvalue weighted by atomic mass is 19.1. The number of hydrogen-bond donors (Lipinski definition) is 1. The van der Waals surface area contributed by atoms with Crippen LogP contribution in [0.15, 0.2) is 36.5 Å². The standard InChI is InChI=1S/C15H14FN3O/c16-10-6-7-13(18-9-10)15(20)19-8-2-3-11-12(17)4-1-5-14(11)19/h1,4-7,9H,2-3,8,17H2. The second kappa shape index (κ2) is 4.92. The number of nitrogens with zero attached hydrogens (tertiary/aromatic N) is 2. The molecule has 1 aliphatic heterocycles. The van der Waals surface area contributed by atoms with E-state index in [1.807, 2.05) is 18.2 Å². The SMILES string of the molecule is Nc1cccc2c1CCCN2C(=O)c1ccc(F)cn1. The van der Waals surface area contributed by atoms with Gasteiger partial charge in [0.2, 0.25) is 0 Å². The number of aromatic nitrogens is 1. The van der Waals surface area contributed by atoms with Crippen LogP contribution in [-0.2, 0) is 6.42 Å². The molecule has 3 rings (SSSR count). The highest BCUT2D eigenvalue weighted by Gasteiger charge is 2.25. The monoisotopic (exact) mass is 271 g/mol. The molecule has 0 aliphatic carbocycles. The smallest absolute Gasteiger partial charge is 0.276 e. The first kappa shape index (κ1) is 12.6. The number of carbonyl (C=O) groups is 1. The van der Waals surface area contributed by atoms with Gasteiger partial charge in [0.1, 0.15) is 11.5 Å². The molecule has 1 aromatic carbocycles. The number of rotatable bonds is 1. The van der Waals surface area contributed by atoms with Crippen LogP contribution in [0.5, 0.6) is 0 Å². The van der Waals surface area contributed by atoms with Crippen molar-refractivity contribution in [3.63, 3.8) is 0 Å². The molecular weight excluding hydrogens is 257 g/mol. The molecule has 0 atom stereocenters. The topological polar surface area (TPSA) is 59.2 Å². The van der Waals surface area contributed by atoms with Crippen molar-refractivity contribution in [2.45, 2.75) is 12.8 Å². The zero-order valence-electron chi connectivity index (χ0n) is 10.8. The van der Waals surface area contributed by atoms with Crippen molar-refractivity contribution in [2.75, 3.05) is 17.2 Å². The quantitative estimate of drug-likeness (QED) is 0.810. The number of hydrogen-bond acceptors (Lipinski definition) is 3. The minimum atomic E-state index is -0.454. The van der Waals surface area contributed by atoms with Crippen molar-refractivity contribution in [3.05, 3.63) is 53.6 Å². The molecule has 0 saturated carbocycles. The maximum Gasteiger partial charge on any atom is 0.276 e. The Kier molecular flexibility index (Phi) is 3.10. The van der Waals surface area contributed by atoms with Crippen LogP contribution in [0, 0.1) is 5.82 Å². The lowest BCUT2D eigenvalue weighted by atomic mass is 9.99. The van der Waals surface area contributed by atoms with E-state index in [0.717, 1.165) is 30.3 Å². The fourth-order valence-corrected chi connectivity index (χ4v) is 2.50. The number of anilines is 2. The number of benzene rings is 1. The third kappa shape index (κ3) is 2.11. The van der Waals surface area contributed by atoms with Gasteiger partial charge in [-0.05, 0) is 42.7 Å². The Morgan fingerprint density at radius 2 is 2.15 bits per heavy atom. The van der Waals surface area contributed by atoms with E-state index < -0.39 is 5.82 Å². The van der Waals surface area contributed by atoms with Crippen LogP contribution in [0.4, 0.5) is 15.8 Å². The van der Waals surface area contributed by atoms with E-state index in [4.69, 9.17) is 5.73 Å². The molecule has 4 nitrogen and oxygen atoms in total. The van der Waals surface area contributed by atoms with Crippen LogP contribution in [0.1, 0.15) is 22.5 Å². The lowest BCUT2D eigenvalue weighted by molar-refractivity contribution is 0.0980. The number of pyridine rings is 1. The van der Waals surface area contributed by atoms with Crippen molar-refractivity contribution in [1.29, 1.82) is 0 Å². The Hall–Kier alpha value is -2.43. The summed E-state index contributed by atoms with van der Waals surface area (Å²) in [6.07, 6.45) is 2.77. The van der Waals surface area contributed by atoms with Crippen LogP contribution in [0.2, 0.25) is 0 Å². The van der Waals surface area contributed by atoms with Gasteiger partial charge in [0.15, 0.2) is 0 Å². The maximum absolute atomic E-state index is 12.9. The van der Waals surface area contributed by atoms with E-state index in [-0.39, 0.29) is 11.6 Å². The molecule has 1 aromatic heterocycles. The summed E-state index contributed by atoms with van der Waals surface area (Å²) in [6.45, 7) is 0.619. The molecule has 0 unspecified atom stereocenters. The Morgan fingerprint density at radius 1 is 1.30 bits per heavy atom. The number of amides is 1. The van der Waals surface area contributed by atoms with Crippen molar-refractivity contribution in [2.24, 2.45) is 0 Å². The molecule has 20 heavy (non-hydrogen) atoms. The second-order valence-electron chi connectivity index (χ2n) is 4.77. The zero-order valence-corrected chi connectivity index (χ0v) is 10.8. The molecule has 2 heterocycles. The third-order valence-electron chi connectivity index (χ3n) is 3.48. The lowest BCUT2D eigenvalue weighted by Gasteiger charge is -2.30. The van der Waals surface area contributed by atoms with Crippen LogP contribution >= 0.6 is 0 Å². The predicted octanol–water partition coefficient (Wildman–Crippen LogP) is 2.40. The largest absolute Gasteiger partial charge is 0.398 e. The average Bonchev–Trinajstić information content (AvgIpc) is 2.47. The molecule has 0 fully saturated rings. The summed E-state index contributed by atoms with van der Waals surface area (Å²) in [5.41, 5.74) is 8.72. The molecule has 0 spiro atoms. The van der Waals surface area contributed by atoms with Crippen LogP contribution in [0.3, 0.4) is 0 Å². The summed E-state index contributed by atoms with van der Waals surface area (Å²) in [4.78, 5) is 18.0. The summed E-state index contributed by atoms with van der Waals surface area (Å²) in [7, 11) is 0. The van der Waals surface area contributed by atoms with Crippen LogP contribution in [-0.4, -0.2) is 17.4 Å². The van der Waals surface area contributed by atoms with Crippen molar-refractivity contribution in [1.82, 2.24) is 4.98 Å². The van der Waals surface area contributed by atoms with E-state index in [1.165, 1.54) is 12.1 Å². The van der Waals surface area contributed by atoms with Gasteiger partial charge in [0, 0.05) is 17.9 Å². The van der Waals surface area contributed by atoms with E-state index >= 15 is 0 Å². The van der Waals surface area contributed by atoms with E-state index in [9.17, 15) is 9.18 Å². The lowest BCUT2D eigenvalue weighted by Crippen LogP contribution is -2.36. The number of fused-ring (bicyclic) bond motifs is 1. The normalized spacial score (nSPS) is 13.9. The van der Waals surface area contributed by atoms with Gasteiger partial charge in [-0.3, -0.25) is 4.79 Å². The molecular formula is C15H14FN3O. The van der Waals surface area contributed by atoms with Gasteiger partial charge >= 0.3 is 0 Å². The molecule has 1 amide bonds. The predicted molar refractivity (Wildman–Crippen MR) is 75.0 cm³/mol. The molecule has 0 saturated heterocycles. The van der Waals surface area contributed by atoms with Crippen molar-refractivity contribution < 1.29 is 9.18 Å². The molecule has 0 radical (unpaired) electrons. The van der Waals surface area contributed by atoms with Crippen molar-refractivity contribution >= 4 is 17.3 Å². The number of nitrogens with two attached hydrogens (primary N) is 1. The first-order valence-electron chi connectivity index (χ1n) is 6.47. The first-order valence-corrected chi connectivity index (χ1v) is 6.47. The summed E-state index contributed by atoms with van der Waals surface area (Å²) in [5.74, 6) is -0.679. The molecule has 102 valence electrons. The maximum atomic E-state index is 12.9. The Balaban J connectivity index is 1.98. The summed E-state index contributed by atoms with van der Waals surface area (Å²) in [6, 6.07) is 8.19. The average molecular weight is 271 g/mol. The first-order chi connectivity index (χ1) is 9.66. The van der Waals surface area contributed by atoms with Crippen LogP contribution < -0.4 is 10.6 Å². The van der Waals surface area contributed by atoms with Crippen LogP contribution in [0.25, 0.3) is 0 Å². The molecule has 0 bridgehead atoms. The van der Waals surface area contributed by atoms with Crippen molar-refractivity contribution in [3.8, 4) is 0 Å². The Bertz CT molecular complexity index is 655. The van der Waals surface area contributed by atoms with Gasteiger partial charge < -0.3 is 10.6 Å². The second-order valence-corrected chi connectivity index (χ2v) is 4.77. The minimum Gasteiger partial charge on any atom is -0.398 e. The number of halogens is 1. The fraction of sp³-hybridized carbons (Fsp3) is 0.200. The third-order valence-corrected chi connectivity index (χ3v) is 3.48. The molecule has 2 aromatic rings. The van der Waals surface area contributed by atoms with E-state index in [0.29, 0.717) is 12.2 Å². The van der Waals surface area contributed by atoms with Gasteiger partial charge in [0.25, 0.3) is 5.91 Å². The van der Waals surface area contributed by atoms with E-state index in [2.05, 4.69) is 4.98 Å². The molecule has 1 aliphatic rings. The fourth-order valence-electron chi connectivity index (χ4n) is 2.50. The van der Waals surface area contributed by atoms with E-state index in [1.54, 1.807) is 4.90 Å². The Morgan fingerprint density at radius 3 is 2.90 bits per heavy atom. The van der Waals surface area contributed by atoms with Gasteiger partial charge in [0.05, 0.1) is 6.20 Å². The summed E-state index contributed by atoms with van der Waals surface area (Å²) in [5, 5.41) is 0. The van der Waals surface area contributed by atoms with Gasteiger partial charge in [-0.25, -0.2) is 9.37 Å². The van der Waals surface area contributed by atoms with Gasteiger partial charge in [-0.2, -0.15) is 0 Å². The minimum absolute atomic E-state index is 0.225. The number of carbonyl (C=O) groups excluding carboxylic acids is 1. The van der Waals surface area contributed by atoms with Gasteiger partial charge in [-0.15, -0.1) is 0 Å². The highest BCUT2D eigenvalue weighted by Crippen LogP contribution is 2.31. The molecule has 2 N–H and O–H groups in total. The Labute approximate surface area is 116 Å². The molecule has 5 heteroatoms. The zero-order chi connectivity index (χ0) is 14.1. The highest BCUT2D eigenvalue weighted by molar-refractivity contribution is 6.05. The summed E-state index contributed by atoms with van der Waals surface area (Å²) >= 11 is 0. The van der Waals surface area contributed by atoms with Gasteiger partial charge in [-0.1, -0.05) is 6.07 Å². The number of nitrogen functional groups attached to an aromatic ring is 1.